The molecule has 0 spiro atoms. The Labute approximate surface area is 91.1 Å². The van der Waals surface area contributed by atoms with Gasteiger partial charge in [0.1, 0.15) is 0 Å². The summed E-state index contributed by atoms with van der Waals surface area (Å²) < 4.78 is 0. The molecule has 0 heterocycles. The van der Waals surface area contributed by atoms with Crippen LogP contribution in [-0.4, -0.2) is 30.6 Å². The van der Waals surface area contributed by atoms with Crippen LogP contribution in [0.25, 0.3) is 0 Å². The zero-order valence-corrected chi connectivity index (χ0v) is 10.2. The van der Waals surface area contributed by atoms with Gasteiger partial charge in [-0.3, -0.25) is 10.4 Å². The van der Waals surface area contributed by atoms with E-state index < -0.39 is 0 Å². The van der Waals surface area contributed by atoms with Gasteiger partial charge < -0.3 is 5.32 Å². The Morgan fingerprint density at radius 3 is 2.79 bits per heavy atom. The fourth-order valence-corrected chi connectivity index (χ4v) is 1.24. The molecule has 4 N–H and O–H groups in total. The summed E-state index contributed by atoms with van der Waals surface area (Å²) in [4.78, 5) is 4.25. The third kappa shape index (κ3) is 7.03. The molecule has 0 aromatic heterocycles. The SMILES string of the molecule is CCCN=C(NN)NCCC(C)SC. The Morgan fingerprint density at radius 2 is 2.29 bits per heavy atom. The van der Waals surface area contributed by atoms with E-state index in [9.17, 15) is 0 Å². The van der Waals surface area contributed by atoms with Crippen molar-refractivity contribution in [3.05, 3.63) is 0 Å². The van der Waals surface area contributed by atoms with Crippen molar-refractivity contribution in [1.82, 2.24) is 10.7 Å². The summed E-state index contributed by atoms with van der Waals surface area (Å²) in [6.45, 7) is 6.03. The minimum absolute atomic E-state index is 0.674. The second-order valence-corrected chi connectivity index (χ2v) is 4.41. The van der Waals surface area contributed by atoms with Crippen molar-refractivity contribution in [2.75, 3.05) is 19.3 Å². The smallest absolute Gasteiger partial charge is 0.205 e. The van der Waals surface area contributed by atoms with E-state index in [2.05, 4.69) is 35.8 Å². The van der Waals surface area contributed by atoms with Crippen LogP contribution < -0.4 is 16.6 Å². The van der Waals surface area contributed by atoms with Crippen LogP contribution in [0.1, 0.15) is 26.7 Å². The van der Waals surface area contributed by atoms with Crippen molar-refractivity contribution in [1.29, 1.82) is 0 Å². The molecule has 4 nitrogen and oxygen atoms in total. The summed E-state index contributed by atoms with van der Waals surface area (Å²) in [5.41, 5.74) is 2.56. The molecule has 0 saturated heterocycles. The van der Waals surface area contributed by atoms with Gasteiger partial charge in [0.25, 0.3) is 0 Å². The molecule has 0 rings (SSSR count). The fraction of sp³-hybridized carbons (Fsp3) is 0.889. The number of hydrogen-bond donors (Lipinski definition) is 3. The first kappa shape index (κ1) is 13.6. The van der Waals surface area contributed by atoms with Crippen molar-refractivity contribution in [3.63, 3.8) is 0 Å². The van der Waals surface area contributed by atoms with Gasteiger partial charge in [-0.25, -0.2) is 5.84 Å². The van der Waals surface area contributed by atoms with Gasteiger partial charge in [-0.15, -0.1) is 0 Å². The van der Waals surface area contributed by atoms with Crippen molar-refractivity contribution < 1.29 is 0 Å². The van der Waals surface area contributed by atoms with Crippen molar-refractivity contribution >= 4 is 17.7 Å². The molecule has 5 heteroatoms. The maximum Gasteiger partial charge on any atom is 0.205 e. The molecule has 84 valence electrons. The van der Waals surface area contributed by atoms with Crippen LogP contribution in [0.3, 0.4) is 0 Å². The molecule has 14 heavy (non-hydrogen) atoms. The highest BCUT2D eigenvalue weighted by Crippen LogP contribution is 2.07. The summed E-state index contributed by atoms with van der Waals surface area (Å²) in [5, 5.41) is 3.84. The number of hydrogen-bond acceptors (Lipinski definition) is 3. The van der Waals surface area contributed by atoms with E-state index in [0.29, 0.717) is 11.2 Å². The van der Waals surface area contributed by atoms with Crippen LogP contribution in [0, 0.1) is 0 Å². The monoisotopic (exact) mass is 218 g/mol. The van der Waals surface area contributed by atoms with E-state index in [1.165, 1.54) is 0 Å². The zero-order valence-electron chi connectivity index (χ0n) is 9.34. The first-order chi connectivity index (χ1) is 6.74. The molecule has 0 fully saturated rings. The van der Waals surface area contributed by atoms with E-state index >= 15 is 0 Å². The maximum atomic E-state index is 5.31. The Kier molecular flexibility index (Phi) is 8.87. The Balaban J connectivity index is 3.62. The van der Waals surface area contributed by atoms with E-state index in [1.54, 1.807) is 0 Å². The standard InChI is InChI=1S/C9H22N4S/c1-4-6-11-9(13-10)12-7-5-8(2)14-3/h8H,4-7,10H2,1-3H3,(H2,11,12,13). The van der Waals surface area contributed by atoms with Gasteiger partial charge >= 0.3 is 0 Å². The Hall–Kier alpha value is -0.420. The summed E-state index contributed by atoms with van der Waals surface area (Å²) in [5.74, 6) is 6.01. The number of rotatable bonds is 6. The fourth-order valence-electron chi connectivity index (χ4n) is 0.888. The minimum Gasteiger partial charge on any atom is -0.355 e. The van der Waals surface area contributed by atoms with Gasteiger partial charge in [-0.1, -0.05) is 13.8 Å². The van der Waals surface area contributed by atoms with E-state index in [4.69, 9.17) is 5.84 Å². The van der Waals surface area contributed by atoms with E-state index in [0.717, 1.165) is 25.9 Å². The van der Waals surface area contributed by atoms with Crippen LogP contribution in [0.2, 0.25) is 0 Å². The molecule has 1 atom stereocenters. The lowest BCUT2D eigenvalue weighted by Crippen LogP contribution is -2.42. The van der Waals surface area contributed by atoms with Crippen molar-refractivity contribution in [3.8, 4) is 0 Å². The summed E-state index contributed by atoms with van der Waals surface area (Å²) in [6, 6.07) is 0. The quantitative estimate of drug-likeness (QED) is 0.269. The Morgan fingerprint density at radius 1 is 1.57 bits per heavy atom. The molecule has 0 aromatic rings. The topological polar surface area (TPSA) is 62.4 Å². The lowest BCUT2D eigenvalue weighted by molar-refractivity contribution is 0.741. The minimum atomic E-state index is 0.674. The van der Waals surface area contributed by atoms with Crippen LogP contribution in [-0.2, 0) is 0 Å². The second kappa shape index (κ2) is 9.15. The largest absolute Gasteiger partial charge is 0.355 e. The van der Waals surface area contributed by atoms with Crippen LogP contribution in [0.15, 0.2) is 4.99 Å². The second-order valence-electron chi connectivity index (χ2n) is 3.14. The van der Waals surface area contributed by atoms with Crippen LogP contribution >= 0.6 is 11.8 Å². The van der Waals surface area contributed by atoms with E-state index in [-0.39, 0.29) is 0 Å². The molecule has 0 aliphatic rings. The number of nitrogens with zero attached hydrogens (tertiary/aromatic N) is 1. The average Bonchev–Trinajstić information content (AvgIpc) is 2.22. The van der Waals surface area contributed by atoms with Crippen molar-refractivity contribution in [2.45, 2.75) is 31.9 Å². The molecular weight excluding hydrogens is 196 g/mol. The maximum absolute atomic E-state index is 5.31. The normalized spacial score (nSPS) is 13.9. The molecule has 0 aliphatic heterocycles. The number of nitrogens with one attached hydrogen (secondary N) is 2. The molecule has 1 unspecified atom stereocenters. The molecule has 0 aliphatic carbocycles. The molecular formula is C9H22N4S. The molecule has 0 bridgehead atoms. The molecule has 0 radical (unpaired) electrons. The molecule has 0 amide bonds. The van der Waals surface area contributed by atoms with Crippen molar-refractivity contribution in [2.24, 2.45) is 10.8 Å². The average molecular weight is 218 g/mol. The van der Waals surface area contributed by atoms with Gasteiger partial charge in [-0.05, 0) is 19.1 Å². The van der Waals surface area contributed by atoms with Gasteiger partial charge in [0.15, 0.2) is 0 Å². The number of hydrazine groups is 1. The number of guanidine groups is 1. The first-order valence-corrected chi connectivity index (χ1v) is 6.31. The Bertz CT molecular complexity index is 161. The van der Waals surface area contributed by atoms with Gasteiger partial charge in [0, 0.05) is 18.3 Å². The number of nitrogens with two attached hydrogens (primary N) is 1. The third-order valence-electron chi connectivity index (χ3n) is 1.88. The lowest BCUT2D eigenvalue weighted by Gasteiger charge is -2.11. The van der Waals surface area contributed by atoms with E-state index in [1.807, 2.05) is 11.8 Å². The predicted octanol–water partition coefficient (Wildman–Crippen LogP) is 0.947. The number of aliphatic imine (C=N–C) groups is 1. The first-order valence-electron chi connectivity index (χ1n) is 5.02. The highest BCUT2D eigenvalue weighted by atomic mass is 32.2. The van der Waals surface area contributed by atoms with Gasteiger partial charge in [-0.2, -0.15) is 11.8 Å². The molecule has 0 saturated carbocycles. The highest BCUT2D eigenvalue weighted by molar-refractivity contribution is 7.99. The van der Waals surface area contributed by atoms with Crippen LogP contribution in [0.4, 0.5) is 0 Å². The number of thioether (sulfide) groups is 1. The third-order valence-corrected chi connectivity index (χ3v) is 2.92. The highest BCUT2D eigenvalue weighted by Gasteiger charge is 1.99. The van der Waals surface area contributed by atoms with Gasteiger partial charge in [0.2, 0.25) is 5.96 Å². The van der Waals surface area contributed by atoms with Gasteiger partial charge in [0.05, 0.1) is 0 Å². The van der Waals surface area contributed by atoms with Crippen LogP contribution in [0.5, 0.6) is 0 Å². The molecule has 0 aromatic carbocycles. The predicted molar refractivity (Wildman–Crippen MR) is 65.5 cm³/mol. The lowest BCUT2D eigenvalue weighted by atomic mass is 10.3. The summed E-state index contributed by atoms with van der Waals surface area (Å²) >= 11 is 1.87. The summed E-state index contributed by atoms with van der Waals surface area (Å²) in [7, 11) is 0. The zero-order chi connectivity index (χ0) is 10.8. The summed E-state index contributed by atoms with van der Waals surface area (Å²) in [6.07, 6.45) is 4.28.